The Hall–Kier alpha value is -0.360. The lowest BCUT2D eigenvalue weighted by atomic mass is 10.1. The number of aromatic nitrogens is 1. The van der Waals surface area contributed by atoms with Crippen molar-refractivity contribution in [3.63, 3.8) is 0 Å². The van der Waals surface area contributed by atoms with Gasteiger partial charge in [-0.2, -0.15) is 0 Å². The molecule has 1 heterocycles. The molecule has 2 rings (SSSR count). The van der Waals surface area contributed by atoms with E-state index in [0.717, 1.165) is 15.4 Å². The highest BCUT2D eigenvalue weighted by Crippen LogP contribution is 2.32. The number of nitrogens with zero attached hydrogens (tertiary/aromatic N) is 1. The van der Waals surface area contributed by atoms with E-state index in [1.807, 2.05) is 11.6 Å². The highest BCUT2D eigenvalue weighted by molar-refractivity contribution is 9.10. The minimum absolute atomic E-state index is 0.133. The van der Waals surface area contributed by atoms with Gasteiger partial charge in [0, 0.05) is 33.0 Å². The molecular formula is C14H17BrN2S2. The summed E-state index contributed by atoms with van der Waals surface area (Å²) in [5, 5.41) is 5.50. The minimum Gasteiger partial charge on any atom is -0.308 e. The van der Waals surface area contributed by atoms with E-state index in [0.29, 0.717) is 0 Å². The van der Waals surface area contributed by atoms with Crippen molar-refractivity contribution >= 4 is 39.0 Å². The van der Waals surface area contributed by atoms with Gasteiger partial charge in [-0.25, -0.2) is 4.98 Å². The van der Waals surface area contributed by atoms with Gasteiger partial charge in [0.05, 0.1) is 0 Å². The first-order chi connectivity index (χ1) is 8.94. The Balaban J connectivity index is 2.04. The van der Waals surface area contributed by atoms with Crippen LogP contribution in [0.2, 0.25) is 0 Å². The van der Waals surface area contributed by atoms with Crippen molar-refractivity contribution in [3.8, 4) is 0 Å². The summed E-state index contributed by atoms with van der Waals surface area (Å²) in [6.45, 7) is 7.39. The zero-order valence-electron chi connectivity index (χ0n) is 11.2. The van der Waals surface area contributed by atoms with Crippen molar-refractivity contribution in [1.29, 1.82) is 0 Å². The molecule has 2 nitrogen and oxygen atoms in total. The molecule has 0 atom stereocenters. The van der Waals surface area contributed by atoms with Crippen LogP contribution in [0.3, 0.4) is 0 Å². The molecule has 5 heteroatoms. The van der Waals surface area contributed by atoms with Gasteiger partial charge >= 0.3 is 0 Å². The highest BCUT2D eigenvalue weighted by Gasteiger charge is 2.10. The summed E-state index contributed by atoms with van der Waals surface area (Å²) in [5.74, 6) is 0. The number of hydrogen-bond donors (Lipinski definition) is 1. The molecule has 1 aromatic heterocycles. The molecule has 0 spiro atoms. The molecule has 102 valence electrons. The van der Waals surface area contributed by atoms with Gasteiger partial charge in [-0.15, -0.1) is 11.3 Å². The first-order valence-corrected chi connectivity index (χ1v) is 8.54. The van der Waals surface area contributed by atoms with Crippen LogP contribution in [-0.2, 0) is 6.54 Å². The van der Waals surface area contributed by atoms with Crippen molar-refractivity contribution in [1.82, 2.24) is 10.3 Å². The first-order valence-electron chi connectivity index (χ1n) is 6.05. The standard InChI is InChI=1S/C14H17BrN2S2/c1-14(2,3)17-9-10-4-5-11(8-12(10)15)19-13-16-6-7-18-13/h4-8,17H,9H2,1-3H3. The van der Waals surface area contributed by atoms with Gasteiger partial charge in [-0.3, -0.25) is 0 Å². The second-order valence-electron chi connectivity index (χ2n) is 5.26. The lowest BCUT2D eigenvalue weighted by Crippen LogP contribution is -2.35. The molecule has 0 saturated carbocycles. The van der Waals surface area contributed by atoms with Gasteiger partial charge in [0.15, 0.2) is 4.34 Å². The van der Waals surface area contributed by atoms with E-state index in [1.54, 1.807) is 23.1 Å². The third-order valence-electron chi connectivity index (χ3n) is 2.45. The minimum atomic E-state index is 0.133. The number of nitrogens with one attached hydrogen (secondary N) is 1. The van der Waals surface area contributed by atoms with Crippen LogP contribution in [0.4, 0.5) is 0 Å². The number of rotatable bonds is 4. The Morgan fingerprint density at radius 1 is 1.37 bits per heavy atom. The average molecular weight is 357 g/mol. The van der Waals surface area contributed by atoms with Crippen LogP contribution in [0.15, 0.2) is 43.5 Å². The van der Waals surface area contributed by atoms with Gasteiger partial charge in [-0.05, 0) is 38.5 Å². The average Bonchev–Trinajstić information content (AvgIpc) is 2.79. The quantitative estimate of drug-likeness (QED) is 0.839. The van der Waals surface area contributed by atoms with Gasteiger partial charge in [0.2, 0.25) is 0 Å². The van der Waals surface area contributed by atoms with E-state index < -0.39 is 0 Å². The molecule has 1 aromatic carbocycles. The van der Waals surface area contributed by atoms with Crippen molar-refractivity contribution < 1.29 is 0 Å². The number of halogens is 1. The van der Waals surface area contributed by atoms with Gasteiger partial charge < -0.3 is 5.32 Å². The second kappa shape index (κ2) is 6.39. The third kappa shape index (κ3) is 4.91. The summed E-state index contributed by atoms with van der Waals surface area (Å²) in [4.78, 5) is 5.50. The monoisotopic (exact) mass is 356 g/mol. The zero-order valence-corrected chi connectivity index (χ0v) is 14.5. The largest absolute Gasteiger partial charge is 0.308 e. The molecule has 0 aliphatic rings. The Morgan fingerprint density at radius 2 is 2.16 bits per heavy atom. The molecule has 0 aliphatic heterocycles. The number of thiazole rings is 1. The molecule has 0 unspecified atom stereocenters. The fourth-order valence-electron chi connectivity index (χ4n) is 1.46. The maximum atomic E-state index is 4.29. The lowest BCUT2D eigenvalue weighted by Gasteiger charge is -2.21. The predicted octanol–water partition coefficient (Wildman–Crippen LogP) is 4.94. The Bertz CT molecular complexity index is 533. The molecule has 0 fully saturated rings. The van der Waals surface area contributed by atoms with Crippen LogP contribution in [0.5, 0.6) is 0 Å². The van der Waals surface area contributed by atoms with E-state index >= 15 is 0 Å². The second-order valence-corrected chi connectivity index (χ2v) is 8.33. The fourth-order valence-corrected chi connectivity index (χ4v) is 3.76. The third-order valence-corrected chi connectivity index (χ3v) is 5.06. The van der Waals surface area contributed by atoms with Crippen LogP contribution in [0.25, 0.3) is 0 Å². The molecular weight excluding hydrogens is 340 g/mol. The Kier molecular flexibility index (Phi) is 5.06. The molecule has 0 aliphatic carbocycles. The van der Waals surface area contributed by atoms with Crippen molar-refractivity contribution in [2.24, 2.45) is 0 Å². The Labute approximate surface area is 131 Å². The van der Waals surface area contributed by atoms with E-state index in [-0.39, 0.29) is 5.54 Å². The topological polar surface area (TPSA) is 24.9 Å². The lowest BCUT2D eigenvalue weighted by molar-refractivity contribution is 0.424. The summed E-state index contributed by atoms with van der Waals surface area (Å²) in [6.07, 6.45) is 1.84. The predicted molar refractivity (Wildman–Crippen MR) is 87.0 cm³/mol. The highest BCUT2D eigenvalue weighted by atomic mass is 79.9. The number of benzene rings is 1. The van der Waals surface area contributed by atoms with Crippen molar-refractivity contribution in [2.75, 3.05) is 0 Å². The molecule has 2 aromatic rings. The maximum absolute atomic E-state index is 4.29. The summed E-state index contributed by atoms with van der Waals surface area (Å²) in [6, 6.07) is 6.47. The summed E-state index contributed by atoms with van der Waals surface area (Å²) < 4.78 is 2.22. The maximum Gasteiger partial charge on any atom is 0.154 e. The van der Waals surface area contributed by atoms with Crippen molar-refractivity contribution in [2.45, 2.75) is 42.1 Å². The molecule has 0 saturated heterocycles. The fraction of sp³-hybridized carbons (Fsp3) is 0.357. The van der Waals surface area contributed by atoms with E-state index in [2.05, 4.69) is 65.2 Å². The van der Waals surface area contributed by atoms with Crippen LogP contribution in [-0.4, -0.2) is 10.5 Å². The normalized spacial score (nSPS) is 11.8. The summed E-state index contributed by atoms with van der Waals surface area (Å²) >= 11 is 7.01. The molecule has 0 amide bonds. The van der Waals surface area contributed by atoms with Gasteiger partial charge in [-0.1, -0.05) is 33.8 Å². The van der Waals surface area contributed by atoms with E-state index in [9.17, 15) is 0 Å². The Morgan fingerprint density at radius 3 is 2.74 bits per heavy atom. The van der Waals surface area contributed by atoms with Crippen LogP contribution < -0.4 is 5.32 Å². The van der Waals surface area contributed by atoms with Crippen LogP contribution >= 0.6 is 39.0 Å². The zero-order chi connectivity index (χ0) is 13.9. The van der Waals surface area contributed by atoms with Crippen LogP contribution in [0, 0.1) is 0 Å². The SMILES string of the molecule is CC(C)(C)NCc1ccc(Sc2nccs2)cc1Br. The van der Waals surface area contributed by atoms with E-state index in [4.69, 9.17) is 0 Å². The van der Waals surface area contributed by atoms with Crippen LogP contribution in [0.1, 0.15) is 26.3 Å². The molecule has 0 radical (unpaired) electrons. The van der Waals surface area contributed by atoms with Gasteiger partial charge in [0.25, 0.3) is 0 Å². The smallest absolute Gasteiger partial charge is 0.154 e. The molecule has 1 N–H and O–H groups in total. The molecule has 0 bridgehead atoms. The summed E-state index contributed by atoms with van der Waals surface area (Å²) in [7, 11) is 0. The van der Waals surface area contributed by atoms with Crippen molar-refractivity contribution in [3.05, 3.63) is 39.8 Å². The first kappa shape index (κ1) is 15.0. The number of hydrogen-bond acceptors (Lipinski definition) is 4. The van der Waals surface area contributed by atoms with Gasteiger partial charge in [0.1, 0.15) is 0 Å². The van der Waals surface area contributed by atoms with E-state index in [1.165, 1.54) is 10.5 Å². The molecule has 19 heavy (non-hydrogen) atoms. The summed E-state index contributed by atoms with van der Waals surface area (Å²) in [5.41, 5.74) is 1.41.